The molecule has 6 heteroatoms. The van der Waals surface area contributed by atoms with E-state index in [4.69, 9.17) is 9.97 Å². The van der Waals surface area contributed by atoms with Gasteiger partial charge in [-0.1, -0.05) is 149 Å². The molecule has 0 atom stereocenters. The van der Waals surface area contributed by atoms with Crippen molar-refractivity contribution < 1.29 is 0 Å². The van der Waals surface area contributed by atoms with Crippen molar-refractivity contribution >= 4 is 87.2 Å². The third kappa shape index (κ3) is 7.20. The van der Waals surface area contributed by atoms with Gasteiger partial charge in [-0.3, -0.25) is 14.1 Å². The molecule has 0 aliphatic heterocycles. The molecule has 0 bridgehead atoms. The Balaban J connectivity index is 1.20. The van der Waals surface area contributed by atoms with Gasteiger partial charge in [0.25, 0.3) is 0 Å². The first-order chi connectivity index (χ1) is 40.1. The molecule has 0 saturated carbocycles. The zero-order chi connectivity index (χ0) is 55.1. The second-order valence-corrected chi connectivity index (χ2v) is 22.7. The summed E-state index contributed by atoms with van der Waals surface area (Å²) in [4.78, 5) is 11.6. The van der Waals surface area contributed by atoms with Crippen molar-refractivity contribution in [3.63, 3.8) is 0 Å². The maximum absolute atomic E-state index is 6.52. The highest BCUT2D eigenvalue weighted by atomic mass is 15.2. The van der Waals surface area contributed by atoms with Crippen LogP contribution in [0.1, 0.15) is 33.4 Å². The largest absolute Gasteiger partial charge is 0.305 e. The molecule has 0 N–H and O–H groups in total. The fraction of sp³-hybridized carbons (Fsp3) is 0.0789. The first-order valence-electron chi connectivity index (χ1n) is 28.4. The average Bonchev–Trinajstić information content (AvgIpc) is 2.78. The van der Waals surface area contributed by atoms with Crippen LogP contribution in [0.5, 0.6) is 0 Å². The van der Waals surface area contributed by atoms with E-state index in [1.807, 2.05) is 6.20 Å². The van der Waals surface area contributed by atoms with Crippen LogP contribution in [0.3, 0.4) is 0 Å². The molecule has 0 radical (unpaired) electrons. The van der Waals surface area contributed by atoms with Crippen LogP contribution in [0, 0.1) is 41.5 Å². The van der Waals surface area contributed by atoms with Crippen molar-refractivity contribution in [3.05, 3.63) is 264 Å². The molecule has 0 aliphatic carbocycles. The van der Waals surface area contributed by atoms with Crippen LogP contribution < -0.4 is 0 Å². The van der Waals surface area contributed by atoms with Gasteiger partial charge in [-0.05, 0) is 167 Å². The molecule has 16 rings (SSSR count). The number of benzene rings is 10. The topological polar surface area (TPSA) is 45.5 Å². The highest BCUT2D eigenvalue weighted by molar-refractivity contribution is 6.17. The van der Waals surface area contributed by atoms with E-state index in [9.17, 15) is 0 Å². The predicted octanol–water partition coefficient (Wildman–Crippen LogP) is 19.7. The summed E-state index contributed by atoms with van der Waals surface area (Å²) < 4.78 is 9.97. The van der Waals surface area contributed by atoms with Gasteiger partial charge < -0.3 is 9.13 Å². The second-order valence-electron chi connectivity index (χ2n) is 22.7. The maximum atomic E-state index is 6.52. The SMILES string of the molecule is Cc1ccc2c(c1)c1cc(C)ccc1n2-c1nc(-n2c3ccc(-c4ccccc4)cc3c3cc(-c4ccccc4)ccc32)c(-n2c3ccc(C)cc3c3cc(C)ccc32)c(-c2cccnc2)c1-n1c2ccc(C)cc2c2cc(C)ccc21. The molecule has 0 saturated heterocycles. The van der Waals surface area contributed by atoms with Gasteiger partial charge in [0.15, 0.2) is 11.6 Å². The summed E-state index contributed by atoms with van der Waals surface area (Å²) in [6.45, 7) is 13.2. The third-order valence-electron chi connectivity index (χ3n) is 17.1. The first-order valence-corrected chi connectivity index (χ1v) is 28.4. The number of hydrogen-bond acceptors (Lipinski definition) is 2. The number of rotatable bonds is 7. The van der Waals surface area contributed by atoms with E-state index in [1.165, 1.54) is 65.7 Å². The molecule has 0 spiro atoms. The Morgan fingerprint density at radius 1 is 0.256 bits per heavy atom. The summed E-state index contributed by atoms with van der Waals surface area (Å²) in [6.07, 6.45) is 3.95. The van der Waals surface area contributed by atoms with Gasteiger partial charge in [-0.15, -0.1) is 0 Å². The molecular formula is C76H56N6. The number of nitrogens with zero attached hydrogens (tertiary/aromatic N) is 6. The van der Waals surface area contributed by atoms with Gasteiger partial charge in [0.05, 0.1) is 44.1 Å². The van der Waals surface area contributed by atoms with Gasteiger partial charge in [-0.25, -0.2) is 4.98 Å². The fourth-order valence-electron chi connectivity index (χ4n) is 13.4. The summed E-state index contributed by atoms with van der Waals surface area (Å²) in [6, 6.07) is 81.4. The van der Waals surface area contributed by atoms with Gasteiger partial charge in [0.2, 0.25) is 0 Å². The second kappa shape index (κ2) is 18.1. The van der Waals surface area contributed by atoms with Gasteiger partial charge in [0, 0.05) is 66.6 Å². The van der Waals surface area contributed by atoms with Crippen LogP contribution in [-0.2, 0) is 0 Å². The molecule has 0 amide bonds. The molecule has 16 aromatic rings. The number of fused-ring (bicyclic) bond motifs is 12. The van der Waals surface area contributed by atoms with E-state index in [0.717, 1.165) is 111 Å². The Morgan fingerprint density at radius 3 is 0.866 bits per heavy atom. The monoisotopic (exact) mass is 1050 g/mol. The van der Waals surface area contributed by atoms with Crippen molar-refractivity contribution in [2.24, 2.45) is 0 Å². The Bertz CT molecular complexity index is 5050. The summed E-state index contributed by atoms with van der Waals surface area (Å²) in [7, 11) is 0. The molecule has 0 fully saturated rings. The predicted molar refractivity (Wildman–Crippen MR) is 344 cm³/mol. The summed E-state index contributed by atoms with van der Waals surface area (Å²) in [5, 5.41) is 9.39. The van der Waals surface area contributed by atoms with Crippen LogP contribution in [-0.4, -0.2) is 28.2 Å². The molecule has 0 aliphatic rings. The van der Waals surface area contributed by atoms with E-state index in [1.54, 1.807) is 0 Å². The number of pyridine rings is 2. The van der Waals surface area contributed by atoms with E-state index in [2.05, 4.69) is 284 Å². The van der Waals surface area contributed by atoms with E-state index >= 15 is 0 Å². The van der Waals surface area contributed by atoms with Crippen molar-refractivity contribution in [1.82, 2.24) is 28.2 Å². The van der Waals surface area contributed by atoms with Crippen LogP contribution in [0.2, 0.25) is 0 Å². The lowest BCUT2D eigenvalue weighted by molar-refractivity contribution is 0.960. The Kier molecular flexibility index (Phi) is 10.5. The Morgan fingerprint density at radius 2 is 0.549 bits per heavy atom. The highest BCUT2D eigenvalue weighted by Gasteiger charge is 2.33. The number of aromatic nitrogens is 6. The van der Waals surface area contributed by atoms with E-state index in [-0.39, 0.29) is 0 Å². The van der Waals surface area contributed by atoms with Crippen molar-refractivity contribution in [3.8, 4) is 56.4 Å². The maximum Gasteiger partial charge on any atom is 0.165 e. The van der Waals surface area contributed by atoms with Gasteiger partial charge in [-0.2, -0.15) is 0 Å². The molecule has 10 aromatic carbocycles. The molecule has 0 unspecified atom stereocenters. The zero-order valence-electron chi connectivity index (χ0n) is 46.6. The minimum absolute atomic E-state index is 0.791. The molecule has 6 nitrogen and oxygen atoms in total. The van der Waals surface area contributed by atoms with Gasteiger partial charge >= 0.3 is 0 Å². The van der Waals surface area contributed by atoms with Crippen LogP contribution in [0.4, 0.5) is 0 Å². The van der Waals surface area contributed by atoms with Crippen molar-refractivity contribution in [2.75, 3.05) is 0 Å². The van der Waals surface area contributed by atoms with Crippen LogP contribution in [0.25, 0.3) is 144 Å². The molecule has 6 heterocycles. The molecular weight excluding hydrogens is 997 g/mol. The minimum atomic E-state index is 0.791. The van der Waals surface area contributed by atoms with Crippen molar-refractivity contribution in [1.29, 1.82) is 0 Å². The summed E-state index contributed by atoms with van der Waals surface area (Å²) in [5.74, 6) is 1.59. The number of aryl methyl sites for hydroxylation is 6. The van der Waals surface area contributed by atoms with Crippen LogP contribution in [0.15, 0.2) is 231 Å². The lowest BCUT2D eigenvalue weighted by atomic mass is 10.0. The molecule has 390 valence electrons. The standard InChI is InChI=1S/C76H56N6/c1-45-19-27-64-56(36-45)57-37-46(2)20-28-65(57)79(64)73-72(55-18-13-35-77-44-55)74(80-66-29-21-47(3)38-58(66)59-39-48(4)22-30-67(59)80)76(78-75(73)81-68-31-23-49(5)40-60(68)61-41-50(6)24-32-69(61)81)82-70-33-25-53(51-14-9-7-10-15-51)42-62(70)63-43-54(26-34-71(63)82)52-16-11-8-12-17-52/h7-44H,1-6H3. The summed E-state index contributed by atoms with van der Waals surface area (Å²) in [5.41, 5.74) is 24.3. The lowest BCUT2D eigenvalue weighted by Crippen LogP contribution is -2.16. The smallest absolute Gasteiger partial charge is 0.165 e. The van der Waals surface area contributed by atoms with Crippen LogP contribution >= 0.6 is 0 Å². The van der Waals surface area contributed by atoms with Gasteiger partial charge in [0.1, 0.15) is 11.4 Å². The average molecular weight is 1050 g/mol. The third-order valence-corrected chi connectivity index (χ3v) is 17.1. The van der Waals surface area contributed by atoms with Crippen molar-refractivity contribution in [2.45, 2.75) is 41.5 Å². The minimum Gasteiger partial charge on any atom is -0.305 e. The summed E-state index contributed by atoms with van der Waals surface area (Å²) >= 11 is 0. The Labute approximate surface area is 475 Å². The highest BCUT2D eigenvalue weighted by Crippen LogP contribution is 2.50. The fourth-order valence-corrected chi connectivity index (χ4v) is 13.4. The quantitative estimate of drug-likeness (QED) is 0.160. The molecule has 6 aromatic heterocycles. The van der Waals surface area contributed by atoms with E-state index < -0.39 is 0 Å². The molecule has 82 heavy (non-hydrogen) atoms. The first kappa shape index (κ1) is 47.7. The normalized spacial score (nSPS) is 12.0. The number of hydrogen-bond donors (Lipinski definition) is 0. The zero-order valence-corrected chi connectivity index (χ0v) is 46.6. The Hall–Kier alpha value is -10.3. The van der Waals surface area contributed by atoms with E-state index in [0.29, 0.717) is 0 Å². The lowest BCUT2D eigenvalue weighted by Gasteiger charge is -2.26.